The number of ether oxygens (including phenoxy) is 1. The lowest BCUT2D eigenvalue weighted by molar-refractivity contribution is -0.384. The van der Waals surface area contributed by atoms with Crippen molar-refractivity contribution in [3.8, 4) is 5.75 Å². The maximum absolute atomic E-state index is 13.6. The van der Waals surface area contributed by atoms with Gasteiger partial charge in [-0.05, 0) is 35.9 Å². The van der Waals surface area contributed by atoms with E-state index >= 15 is 0 Å². The maximum atomic E-state index is 13.6. The van der Waals surface area contributed by atoms with E-state index in [1.165, 1.54) is 47.4 Å². The van der Waals surface area contributed by atoms with Crippen molar-refractivity contribution < 1.29 is 18.8 Å². The molecule has 3 aromatic rings. The average Bonchev–Trinajstić information content (AvgIpc) is 2.67. The third-order valence-electron chi connectivity index (χ3n) is 3.78. The van der Waals surface area contributed by atoms with Gasteiger partial charge >= 0.3 is 6.09 Å². The molecular weight excluding hydrogens is 351 g/mol. The number of carbonyl (C=O) groups excluding carboxylic acids is 1. The Bertz CT molecular complexity index is 946. The summed E-state index contributed by atoms with van der Waals surface area (Å²) in [5.74, 6) is -0.325. The Morgan fingerprint density at radius 3 is 2.33 bits per heavy atom. The van der Waals surface area contributed by atoms with Crippen LogP contribution in [-0.2, 0) is 6.54 Å². The van der Waals surface area contributed by atoms with Crippen LogP contribution in [0.5, 0.6) is 5.75 Å². The number of anilines is 1. The van der Waals surface area contributed by atoms with Crippen LogP contribution in [0.25, 0.3) is 0 Å². The Morgan fingerprint density at radius 1 is 1.00 bits per heavy atom. The van der Waals surface area contributed by atoms with Crippen molar-refractivity contribution in [2.75, 3.05) is 4.90 Å². The van der Waals surface area contributed by atoms with E-state index in [9.17, 15) is 19.3 Å². The van der Waals surface area contributed by atoms with Gasteiger partial charge < -0.3 is 4.74 Å². The molecule has 3 aromatic carbocycles. The molecule has 0 aliphatic rings. The lowest BCUT2D eigenvalue weighted by Crippen LogP contribution is -2.33. The number of hydrogen-bond acceptors (Lipinski definition) is 4. The number of nitrogens with zero attached hydrogens (tertiary/aromatic N) is 2. The van der Waals surface area contributed by atoms with E-state index in [-0.39, 0.29) is 18.0 Å². The summed E-state index contributed by atoms with van der Waals surface area (Å²) in [5.41, 5.74) is 1.06. The van der Waals surface area contributed by atoms with Crippen molar-refractivity contribution in [1.29, 1.82) is 0 Å². The van der Waals surface area contributed by atoms with Gasteiger partial charge in [-0.3, -0.25) is 15.0 Å². The minimum absolute atomic E-state index is 0.110. The van der Waals surface area contributed by atoms with Gasteiger partial charge in [0.05, 0.1) is 17.2 Å². The second kappa shape index (κ2) is 8.09. The molecule has 0 unspecified atom stereocenters. The second-order valence-electron chi connectivity index (χ2n) is 5.67. The Kier molecular flexibility index (Phi) is 5.41. The van der Waals surface area contributed by atoms with E-state index in [1.54, 1.807) is 6.07 Å². The molecule has 0 atom stereocenters. The zero-order chi connectivity index (χ0) is 19.2. The average molecular weight is 366 g/mol. The third-order valence-corrected chi connectivity index (χ3v) is 3.78. The molecule has 0 N–H and O–H groups in total. The van der Waals surface area contributed by atoms with Crippen molar-refractivity contribution in [2.24, 2.45) is 0 Å². The monoisotopic (exact) mass is 366 g/mol. The summed E-state index contributed by atoms with van der Waals surface area (Å²) in [4.78, 5) is 24.2. The van der Waals surface area contributed by atoms with E-state index in [1.807, 2.05) is 30.3 Å². The fourth-order valence-electron chi connectivity index (χ4n) is 2.46. The molecule has 6 nitrogen and oxygen atoms in total. The maximum Gasteiger partial charge on any atom is 0.420 e. The smallest absolute Gasteiger partial charge is 0.410 e. The fraction of sp³-hybridized carbons (Fsp3) is 0.0500. The molecule has 0 aliphatic heterocycles. The number of carbonyl (C=O) groups is 1. The van der Waals surface area contributed by atoms with Crippen LogP contribution in [0.1, 0.15) is 5.56 Å². The Morgan fingerprint density at radius 2 is 1.70 bits per heavy atom. The molecule has 0 fully saturated rings. The van der Waals surface area contributed by atoms with E-state index in [0.717, 1.165) is 5.56 Å². The van der Waals surface area contributed by atoms with E-state index < -0.39 is 16.8 Å². The molecule has 0 bridgehead atoms. The molecule has 0 aliphatic carbocycles. The van der Waals surface area contributed by atoms with Crippen LogP contribution in [0.3, 0.4) is 0 Å². The Labute approximate surface area is 154 Å². The number of amides is 1. The summed E-state index contributed by atoms with van der Waals surface area (Å²) < 4.78 is 19.0. The first-order valence-corrected chi connectivity index (χ1v) is 8.06. The molecular formula is C20H15FN2O4. The lowest BCUT2D eigenvalue weighted by Gasteiger charge is -2.22. The molecule has 3 rings (SSSR count). The molecule has 0 radical (unpaired) electrons. The van der Waals surface area contributed by atoms with Gasteiger partial charge in [-0.2, -0.15) is 0 Å². The van der Waals surface area contributed by atoms with Crippen molar-refractivity contribution in [1.82, 2.24) is 0 Å². The van der Waals surface area contributed by atoms with Gasteiger partial charge in [-0.1, -0.05) is 36.4 Å². The highest BCUT2D eigenvalue weighted by atomic mass is 19.1. The summed E-state index contributed by atoms with van der Waals surface area (Å²) >= 11 is 0. The summed E-state index contributed by atoms with van der Waals surface area (Å²) in [7, 11) is 0. The normalized spacial score (nSPS) is 10.3. The van der Waals surface area contributed by atoms with Crippen molar-refractivity contribution in [2.45, 2.75) is 6.54 Å². The van der Waals surface area contributed by atoms with Crippen LogP contribution in [0, 0.1) is 15.9 Å². The SMILES string of the molecule is O=C(Oc1ccc([N+](=O)[O-])cc1)N(Cc1ccccc1)c1cccc(F)c1. The Hall–Kier alpha value is -3.74. The predicted octanol–water partition coefficient (Wildman–Crippen LogP) is 4.94. The first-order chi connectivity index (χ1) is 13.0. The number of rotatable bonds is 5. The number of hydrogen-bond donors (Lipinski definition) is 0. The topological polar surface area (TPSA) is 72.7 Å². The molecule has 7 heteroatoms. The van der Waals surface area contributed by atoms with Crippen LogP contribution in [0.15, 0.2) is 78.9 Å². The zero-order valence-corrected chi connectivity index (χ0v) is 14.1. The van der Waals surface area contributed by atoms with Gasteiger partial charge in [0.15, 0.2) is 0 Å². The van der Waals surface area contributed by atoms with E-state index in [4.69, 9.17) is 4.74 Å². The van der Waals surface area contributed by atoms with Crippen molar-refractivity contribution >= 4 is 17.5 Å². The highest BCUT2D eigenvalue weighted by Crippen LogP contribution is 2.22. The second-order valence-corrected chi connectivity index (χ2v) is 5.67. The minimum Gasteiger partial charge on any atom is -0.410 e. The van der Waals surface area contributed by atoms with Gasteiger partial charge in [0.2, 0.25) is 0 Å². The van der Waals surface area contributed by atoms with Gasteiger partial charge in [-0.25, -0.2) is 9.18 Å². The molecule has 0 saturated heterocycles. The van der Waals surface area contributed by atoms with E-state index in [2.05, 4.69) is 0 Å². The lowest BCUT2D eigenvalue weighted by atomic mass is 10.2. The zero-order valence-electron chi connectivity index (χ0n) is 14.1. The Balaban J connectivity index is 1.85. The van der Waals surface area contributed by atoms with Gasteiger partial charge in [0, 0.05) is 12.1 Å². The first-order valence-electron chi connectivity index (χ1n) is 8.06. The van der Waals surface area contributed by atoms with Crippen LogP contribution in [0.2, 0.25) is 0 Å². The largest absolute Gasteiger partial charge is 0.420 e. The number of nitro benzene ring substituents is 1. The summed E-state index contributed by atoms with van der Waals surface area (Å²) in [6.45, 7) is 0.177. The number of nitro groups is 1. The molecule has 0 spiro atoms. The van der Waals surface area contributed by atoms with Gasteiger partial charge in [0.1, 0.15) is 11.6 Å². The van der Waals surface area contributed by atoms with Crippen molar-refractivity contribution in [3.05, 3.63) is 100 Å². The van der Waals surface area contributed by atoms with Crippen molar-refractivity contribution in [3.63, 3.8) is 0 Å². The molecule has 136 valence electrons. The highest BCUT2D eigenvalue weighted by Gasteiger charge is 2.19. The van der Waals surface area contributed by atoms with Gasteiger partial charge in [-0.15, -0.1) is 0 Å². The summed E-state index contributed by atoms with van der Waals surface area (Å²) in [6.07, 6.45) is -0.724. The first kappa shape index (κ1) is 18.1. The standard InChI is InChI=1S/C20H15FN2O4/c21-16-7-4-8-18(13-16)22(14-15-5-2-1-3-6-15)20(24)27-19-11-9-17(10-12-19)23(25)26/h1-13H,14H2. The molecule has 0 heterocycles. The van der Waals surface area contributed by atoms with Crippen LogP contribution < -0.4 is 9.64 Å². The van der Waals surface area contributed by atoms with Gasteiger partial charge in [0.25, 0.3) is 5.69 Å². The number of halogens is 1. The van der Waals surface area contributed by atoms with Crippen LogP contribution in [-0.4, -0.2) is 11.0 Å². The quantitative estimate of drug-likeness (QED) is 0.474. The van der Waals surface area contributed by atoms with E-state index in [0.29, 0.717) is 5.69 Å². The summed E-state index contributed by atoms with van der Waals surface area (Å²) in [5, 5.41) is 10.7. The van der Waals surface area contributed by atoms with Crippen LogP contribution >= 0.6 is 0 Å². The molecule has 27 heavy (non-hydrogen) atoms. The molecule has 0 aromatic heterocycles. The number of non-ortho nitro benzene ring substituents is 1. The molecule has 1 amide bonds. The summed E-state index contributed by atoms with van der Waals surface area (Å²) in [6, 6.07) is 20.0. The van der Waals surface area contributed by atoms with Crippen LogP contribution in [0.4, 0.5) is 20.6 Å². The third kappa shape index (κ3) is 4.66. The highest BCUT2D eigenvalue weighted by molar-refractivity contribution is 5.89. The minimum atomic E-state index is -0.724. The number of benzene rings is 3. The predicted molar refractivity (Wildman–Crippen MR) is 98.1 cm³/mol. The molecule has 0 saturated carbocycles. The fourth-order valence-corrected chi connectivity index (χ4v) is 2.46.